The summed E-state index contributed by atoms with van der Waals surface area (Å²) in [5.74, 6) is -1.26. The molecule has 3 N–H and O–H groups in total. The summed E-state index contributed by atoms with van der Waals surface area (Å²) in [6.07, 6.45) is 25.5. The van der Waals surface area contributed by atoms with Crippen LogP contribution in [-0.4, -0.2) is 44.4 Å². The van der Waals surface area contributed by atoms with Crippen LogP contribution in [-0.2, 0) is 9.59 Å². The molecule has 0 bridgehead atoms. The Morgan fingerprint density at radius 1 is 0.514 bits per heavy atom. The molecule has 0 aromatic heterocycles. The van der Waals surface area contributed by atoms with E-state index in [0.717, 1.165) is 38.5 Å². The molecule has 0 aromatic rings. The first-order chi connectivity index (χ1) is 17.8. The van der Waals surface area contributed by atoms with E-state index in [1.807, 2.05) is 9.24 Å². The topological polar surface area (TPSA) is 94.8 Å². The number of Topliss-reactive ketones (excluding diaryl/α,β-unsaturated/α-hetero) is 2. The average Bonchev–Trinajstić information content (AvgIpc) is 2.89. The largest absolute Gasteiger partial charge is 0.393 e. The van der Waals surface area contributed by atoms with Crippen LogP contribution in [0.3, 0.4) is 0 Å². The Kier molecular flexibility index (Phi) is 23.3. The van der Waals surface area contributed by atoms with Gasteiger partial charge in [-0.2, -0.15) is 0 Å². The van der Waals surface area contributed by atoms with Gasteiger partial charge in [-0.25, -0.2) is 0 Å². The van der Waals surface area contributed by atoms with Crippen LogP contribution < -0.4 is 0 Å². The second-order valence-corrected chi connectivity index (χ2v) is 12.0. The zero-order valence-corrected chi connectivity index (χ0v) is 25.6. The summed E-state index contributed by atoms with van der Waals surface area (Å²) in [6.45, 7) is 3.49. The van der Waals surface area contributed by atoms with Crippen LogP contribution in [0, 0.1) is 0 Å². The van der Waals surface area contributed by atoms with E-state index < -0.39 is 29.1 Å². The third-order valence-corrected chi connectivity index (χ3v) is 8.56. The van der Waals surface area contributed by atoms with Crippen molar-refractivity contribution in [3.63, 3.8) is 0 Å². The molecule has 0 aliphatic carbocycles. The number of aliphatic hydroxyl groups is 3. The molecule has 0 saturated carbocycles. The van der Waals surface area contributed by atoms with Crippen molar-refractivity contribution in [2.24, 2.45) is 0 Å². The lowest BCUT2D eigenvalue weighted by Crippen LogP contribution is -2.62. The first-order valence-corrected chi connectivity index (χ1v) is 16.3. The summed E-state index contributed by atoms with van der Waals surface area (Å²) in [5, 5.41) is 29.1. The Morgan fingerprint density at radius 2 is 0.784 bits per heavy atom. The lowest BCUT2D eigenvalue weighted by atomic mass is 9.85. The average molecular weight is 545 g/mol. The fraction of sp³-hybridized carbons (Fsp3) is 0.935. The summed E-state index contributed by atoms with van der Waals surface area (Å²) in [7, 11) is 1.95. The normalized spacial score (nSPS) is 14.9. The number of ketones is 2. The Balaban J connectivity index is 4.13. The molecule has 0 saturated heterocycles. The standard InChI is InChI=1S/C31H61O5P/c1-3-5-7-9-11-13-15-17-19-21-23-25-28(33)30(35,27-32)31(36,37)29(34)26-24-22-20-18-16-14-12-10-8-6-4-2/h32,35-36H,3-27,37H2,1-2H3. The van der Waals surface area contributed by atoms with Gasteiger partial charge < -0.3 is 15.3 Å². The molecule has 5 nitrogen and oxygen atoms in total. The molecule has 0 heterocycles. The van der Waals surface area contributed by atoms with Gasteiger partial charge in [0.15, 0.2) is 22.5 Å². The van der Waals surface area contributed by atoms with Crippen LogP contribution in [0.5, 0.6) is 0 Å². The number of hydrogen-bond donors (Lipinski definition) is 3. The van der Waals surface area contributed by atoms with Crippen molar-refractivity contribution in [1.82, 2.24) is 0 Å². The maximum Gasteiger partial charge on any atom is 0.185 e. The van der Waals surface area contributed by atoms with Gasteiger partial charge in [0.1, 0.15) is 0 Å². The van der Waals surface area contributed by atoms with E-state index in [2.05, 4.69) is 13.8 Å². The van der Waals surface area contributed by atoms with Crippen molar-refractivity contribution in [3.8, 4) is 0 Å². The van der Waals surface area contributed by atoms with Crippen molar-refractivity contribution < 1.29 is 24.9 Å². The lowest BCUT2D eigenvalue weighted by Gasteiger charge is -2.37. The minimum Gasteiger partial charge on any atom is -0.393 e. The third-order valence-electron chi connectivity index (χ3n) is 7.76. The van der Waals surface area contributed by atoms with Gasteiger partial charge in [0, 0.05) is 12.8 Å². The third kappa shape index (κ3) is 16.4. The zero-order valence-electron chi connectivity index (χ0n) is 24.4. The summed E-state index contributed by atoms with van der Waals surface area (Å²) >= 11 is 0. The SMILES string of the molecule is CCCCCCCCCCCCCC(=O)C(O)(P)C(O)(CO)C(=O)CCCCCCCCCCCCC. The quantitative estimate of drug-likeness (QED) is 0.0689. The van der Waals surface area contributed by atoms with E-state index in [-0.39, 0.29) is 12.8 Å². The van der Waals surface area contributed by atoms with Crippen LogP contribution in [0.4, 0.5) is 0 Å². The van der Waals surface area contributed by atoms with Crippen LogP contribution in [0.15, 0.2) is 0 Å². The monoisotopic (exact) mass is 544 g/mol. The van der Waals surface area contributed by atoms with E-state index in [9.17, 15) is 24.9 Å². The maximum atomic E-state index is 12.7. The Hall–Kier alpha value is -0.350. The van der Waals surface area contributed by atoms with Crippen LogP contribution in [0.1, 0.15) is 168 Å². The van der Waals surface area contributed by atoms with Crippen molar-refractivity contribution >= 4 is 20.8 Å². The molecule has 3 unspecified atom stereocenters. The molecule has 0 radical (unpaired) electrons. The van der Waals surface area contributed by atoms with Crippen molar-refractivity contribution in [2.45, 2.75) is 179 Å². The number of carbonyl (C=O) groups excluding carboxylic acids is 2. The van der Waals surface area contributed by atoms with E-state index in [4.69, 9.17) is 0 Å². The molecule has 0 aliphatic rings. The predicted molar refractivity (Wildman–Crippen MR) is 159 cm³/mol. The van der Waals surface area contributed by atoms with Gasteiger partial charge in [0.25, 0.3) is 0 Å². The van der Waals surface area contributed by atoms with Gasteiger partial charge in [-0.15, -0.1) is 0 Å². The first-order valence-electron chi connectivity index (χ1n) is 15.7. The molecular formula is C31H61O5P. The van der Waals surface area contributed by atoms with Crippen LogP contribution >= 0.6 is 9.24 Å². The Morgan fingerprint density at radius 3 is 1.08 bits per heavy atom. The smallest absolute Gasteiger partial charge is 0.185 e. The molecule has 6 heteroatoms. The highest BCUT2D eigenvalue weighted by molar-refractivity contribution is 7.21. The molecule has 0 rings (SSSR count). The van der Waals surface area contributed by atoms with Gasteiger partial charge in [-0.05, 0) is 12.8 Å². The van der Waals surface area contributed by atoms with Gasteiger partial charge in [-0.1, -0.05) is 152 Å². The summed E-state index contributed by atoms with van der Waals surface area (Å²) < 4.78 is 0. The highest BCUT2D eigenvalue weighted by atomic mass is 31.0. The van der Waals surface area contributed by atoms with E-state index in [0.29, 0.717) is 12.8 Å². The highest BCUT2D eigenvalue weighted by Crippen LogP contribution is 2.34. The molecular weight excluding hydrogens is 483 g/mol. The summed E-state index contributed by atoms with van der Waals surface area (Å²) in [5.41, 5.74) is -2.47. The molecule has 0 aromatic carbocycles. The Bertz CT molecular complexity index is 566. The first kappa shape index (κ1) is 36.6. The van der Waals surface area contributed by atoms with Crippen LogP contribution in [0.25, 0.3) is 0 Å². The van der Waals surface area contributed by atoms with Gasteiger partial charge in [-0.3, -0.25) is 9.59 Å². The molecule has 0 aliphatic heterocycles. The van der Waals surface area contributed by atoms with E-state index in [1.165, 1.54) is 89.9 Å². The van der Waals surface area contributed by atoms with Gasteiger partial charge in [0.05, 0.1) is 6.61 Å². The van der Waals surface area contributed by atoms with Crippen molar-refractivity contribution in [1.29, 1.82) is 0 Å². The second-order valence-electron chi connectivity index (χ2n) is 11.2. The van der Waals surface area contributed by atoms with Gasteiger partial charge >= 0.3 is 0 Å². The maximum absolute atomic E-state index is 12.7. The fourth-order valence-electron chi connectivity index (χ4n) is 4.95. The Labute approximate surface area is 231 Å². The van der Waals surface area contributed by atoms with Gasteiger partial charge in [0.2, 0.25) is 0 Å². The zero-order chi connectivity index (χ0) is 27.8. The number of hydrogen-bond acceptors (Lipinski definition) is 5. The molecule has 0 spiro atoms. The molecule has 0 fully saturated rings. The summed E-state index contributed by atoms with van der Waals surface area (Å²) in [6, 6.07) is 0. The molecule has 220 valence electrons. The van der Waals surface area contributed by atoms with E-state index in [1.54, 1.807) is 0 Å². The van der Waals surface area contributed by atoms with Crippen LogP contribution in [0.2, 0.25) is 0 Å². The van der Waals surface area contributed by atoms with Crippen molar-refractivity contribution in [2.75, 3.05) is 6.61 Å². The second kappa shape index (κ2) is 23.5. The molecule has 37 heavy (non-hydrogen) atoms. The van der Waals surface area contributed by atoms with E-state index >= 15 is 0 Å². The summed E-state index contributed by atoms with van der Waals surface area (Å²) in [4.78, 5) is 25.4. The van der Waals surface area contributed by atoms with Crippen molar-refractivity contribution in [3.05, 3.63) is 0 Å². The predicted octanol–water partition coefficient (Wildman–Crippen LogP) is 7.81. The highest BCUT2D eigenvalue weighted by Gasteiger charge is 2.55. The fourth-order valence-corrected chi connectivity index (χ4v) is 5.35. The number of carbonyl (C=O) groups is 2. The number of rotatable bonds is 28. The molecule has 0 amide bonds. The number of aliphatic hydroxyl groups excluding tert-OH is 1. The lowest BCUT2D eigenvalue weighted by molar-refractivity contribution is -0.172. The minimum atomic E-state index is -2.47. The molecule has 3 atom stereocenters. The minimum absolute atomic E-state index is 0.0521. The number of unbranched alkanes of at least 4 members (excludes halogenated alkanes) is 20.